The highest BCUT2D eigenvalue weighted by Gasteiger charge is 2.21. The van der Waals surface area contributed by atoms with E-state index in [9.17, 15) is 9.59 Å². The molecule has 0 aromatic heterocycles. The van der Waals surface area contributed by atoms with E-state index in [-0.39, 0.29) is 18.8 Å². The minimum Gasteiger partial charge on any atom is -0.462 e. The molecule has 2 rings (SSSR count). The van der Waals surface area contributed by atoms with Crippen molar-refractivity contribution in [2.75, 3.05) is 24.7 Å². The van der Waals surface area contributed by atoms with Crippen molar-refractivity contribution in [3.05, 3.63) is 59.3 Å². The van der Waals surface area contributed by atoms with Crippen LogP contribution in [0.2, 0.25) is 0 Å². The minimum atomic E-state index is -0.680. The number of nitrogens with zero attached hydrogens (tertiary/aromatic N) is 1. The van der Waals surface area contributed by atoms with Gasteiger partial charge in [-0.15, -0.1) is 0 Å². The van der Waals surface area contributed by atoms with Crippen molar-refractivity contribution in [3.8, 4) is 0 Å². The summed E-state index contributed by atoms with van der Waals surface area (Å²) in [4.78, 5) is 26.2. The van der Waals surface area contributed by atoms with Crippen molar-refractivity contribution in [3.63, 3.8) is 0 Å². The predicted molar refractivity (Wildman–Crippen MR) is 97.9 cm³/mol. The van der Waals surface area contributed by atoms with Gasteiger partial charge in [0.25, 0.3) is 0 Å². The van der Waals surface area contributed by atoms with Crippen LogP contribution in [0.4, 0.5) is 5.69 Å². The number of hydrogen-bond donors (Lipinski definition) is 0. The van der Waals surface area contributed by atoms with Crippen LogP contribution in [0, 0.1) is 0 Å². The van der Waals surface area contributed by atoms with Crippen molar-refractivity contribution in [2.45, 2.75) is 20.8 Å². The highest BCUT2D eigenvalue weighted by molar-refractivity contribution is 6.14. The van der Waals surface area contributed by atoms with Gasteiger partial charge >= 0.3 is 11.9 Å². The van der Waals surface area contributed by atoms with Gasteiger partial charge in [-0.1, -0.05) is 24.3 Å². The normalized spacial score (nSPS) is 14.0. The number of fused-ring (bicyclic) bond motifs is 1. The van der Waals surface area contributed by atoms with Gasteiger partial charge in [-0.25, -0.2) is 9.59 Å². The number of anilines is 1. The SMILES string of the molecule is CCOC(=O)C(=C/C=C1\C=Cc2ccccc2N1CC)C(=O)OCC. The molecule has 0 saturated heterocycles. The summed E-state index contributed by atoms with van der Waals surface area (Å²) in [5.41, 5.74) is 2.98. The number of carbonyl (C=O) groups is 2. The highest BCUT2D eigenvalue weighted by atomic mass is 16.6. The second kappa shape index (κ2) is 8.87. The monoisotopic (exact) mass is 341 g/mol. The lowest BCUT2D eigenvalue weighted by Crippen LogP contribution is -2.24. The lowest BCUT2D eigenvalue weighted by molar-refractivity contribution is -0.146. The van der Waals surface area contributed by atoms with E-state index in [4.69, 9.17) is 9.47 Å². The van der Waals surface area contributed by atoms with Gasteiger partial charge < -0.3 is 14.4 Å². The molecule has 25 heavy (non-hydrogen) atoms. The van der Waals surface area contributed by atoms with Crippen LogP contribution in [0.15, 0.2) is 53.8 Å². The number of benzene rings is 1. The lowest BCUT2D eigenvalue weighted by atomic mass is 10.1. The molecule has 0 spiro atoms. The fourth-order valence-corrected chi connectivity index (χ4v) is 2.58. The summed E-state index contributed by atoms with van der Waals surface area (Å²) in [7, 11) is 0. The fourth-order valence-electron chi connectivity index (χ4n) is 2.58. The summed E-state index contributed by atoms with van der Waals surface area (Å²) in [6.45, 7) is 6.58. The maximum Gasteiger partial charge on any atom is 0.345 e. The van der Waals surface area contributed by atoms with Crippen molar-refractivity contribution >= 4 is 23.7 Å². The molecule has 5 nitrogen and oxygen atoms in total. The zero-order valence-electron chi connectivity index (χ0n) is 14.8. The van der Waals surface area contributed by atoms with Gasteiger partial charge in [0.05, 0.1) is 13.2 Å². The fraction of sp³-hybridized carbons (Fsp3) is 0.300. The van der Waals surface area contributed by atoms with Crippen LogP contribution < -0.4 is 4.90 Å². The molecule has 5 heteroatoms. The number of para-hydroxylation sites is 1. The van der Waals surface area contributed by atoms with Gasteiger partial charge in [-0.3, -0.25) is 0 Å². The minimum absolute atomic E-state index is 0.112. The molecule has 0 fully saturated rings. The van der Waals surface area contributed by atoms with Gasteiger partial charge in [0, 0.05) is 17.9 Å². The highest BCUT2D eigenvalue weighted by Crippen LogP contribution is 2.30. The van der Waals surface area contributed by atoms with Crippen LogP contribution in [0.5, 0.6) is 0 Å². The molecule has 132 valence electrons. The van der Waals surface area contributed by atoms with E-state index in [2.05, 4.69) is 4.90 Å². The first-order valence-electron chi connectivity index (χ1n) is 8.43. The van der Waals surface area contributed by atoms with Crippen LogP contribution in [0.25, 0.3) is 6.08 Å². The van der Waals surface area contributed by atoms with Gasteiger partial charge in [0.15, 0.2) is 0 Å². The van der Waals surface area contributed by atoms with E-state index in [0.29, 0.717) is 0 Å². The Labute approximate surface area is 148 Å². The summed E-state index contributed by atoms with van der Waals surface area (Å²) in [5, 5.41) is 0. The van der Waals surface area contributed by atoms with E-state index in [1.165, 1.54) is 6.08 Å². The molecule has 1 aromatic carbocycles. The summed E-state index contributed by atoms with van der Waals surface area (Å²) < 4.78 is 9.90. The Kier molecular flexibility index (Phi) is 6.57. The number of rotatable bonds is 6. The Bertz CT molecular complexity index is 711. The number of ether oxygens (including phenoxy) is 2. The maximum atomic E-state index is 12.0. The molecule has 0 unspecified atom stereocenters. The number of esters is 2. The molecule has 1 aromatic rings. The van der Waals surface area contributed by atoms with Gasteiger partial charge in [0.2, 0.25) is 0 Å². The molecule has 1 heterocycles. The quantitative estimate of drug-likeness (QED) is 0.343. The van der Waals surface area contributed by atoms with Gasteiger partial charge in [-0.2, -0.15) is 0 Å². The second-order valence-corrected chi connectivity index (χ2v) is 5.25. The van der Waals surface area contributed by atoms with Crippen molar-refractivity contribution in [2.24, 2.45) is 0 Å². The number of allylic oxidation sites excluding steroid dienone is 3. The van der Waals surface area contributed by atoms with Crippen LogP contribution in [-0.4, -0.2) is 31.7 Å². The van der Waals surface area contributed by atoms with Crippen molar-refractivity contribution in [1.29, 1.82) is 0 Å². The molecular formula is C20H23NO4. The molecule has 1 aliphatic rings. The number of hydrogen-bond acceptors (Lipinski definition) is 5. The molecule has 1 aliphatic heterocycles. The summed E-state index contributed by atoms with van der Waals surface area (Å²) in [6.07, 6.45) is 7.16. The third kappa shape index (κ3) is 4.38. The van der Waals surface area contributed by atoms with Gasteiger partial charge in [-0.05, 0) is 50.6 Å². The number of likely N-dealkylation sites (N-methyl/N-ethyl adjacent to an activating group) is 1. The first-order valence-corrected chi connectivity index (χ1v) is 8.43. The Morgan fingerprint density at radius 1 is 1.00 bits per heavy atom. The standard InChI is InChI=1S/C20H23NO4/c1-4-21-16(12-11-15-9-7-8-10-18(15)21)13-14-17(19(22)24-5-2)20(23)25-6-3/h7-14H,4-6H2,1-3H3/b16-13+. The van der Waals surface area contributed by atoms with E-state index in [1.54, 1.807) is 19.9 Å². The maximum absolute atomic E-state index is 12.0. The Morgan fingerprint density at radius 2 is 1.64 bits per heavy atom. The lowest BCUT2D eigenvalue weighted by Gasteiger charge is -2.29. The average molecular weight is 341 g/mol. The first-order chi connectivity index (χ1) is 12.1. The molecule has 0 atom stereocenters. The van der Waals surface area contributed by atoms with E-state index < -0.39 is 11.9 Å². The topological polar surface area (TPSA) is 55.8 Å². The van der Waals surface area contributed by atoms with E-state index in [0.717, 1.165) is 23.5 Å². The smallest absolute Gasteiger partial charge is 0.345 e. The third-order valence-electron chi connectivity index (χ3n) is 3.70. The molecular weight excluding hydrogens is 318 g/mol. The van der Waals surface area contributed by atoms with Crippen LogP contribution >= 0.6 is 0 Å². The Balaban J connectivity index is 2.37. The largest absolute Gasteiger partial charge is 0.462 e. The first kappa shape index (κ1) is 18.5. The van der Waals surface area contributed by atoms with Crippen molar-refractivity contribution < 1.29 is 19.1 Å². The number of carbonyl (C=O) groups excluding carboxylic acids is 2. The molecule has 0 aliphatic carbocycles. The Morgan fingerprint density at radius 3 is 2.24 bits per heavy atom. The molecule has 0 radical (unpaired) electrons. The van der Waals surface area contributed by atoms with Crippen LogP contribution in [0.1, 0.15) is 26.3 Å². The summed E-state index contributed by atoms with van der Waals surface area (Å²) >= 11 is 0. The van der Waals surface area contributed by atoms with E-state index >= 15 is 0 Å². The molecule has 0 amide bonds. The molecule has 0 saturated carbocycles. The molecule has 0 bridgehead atoms. The van der Waals surface area contributed by atoms with Crippen LogP contribution in [0.3, 0.4) is 0 Å². The molecule has 0 N–H and O–H groups in total. The predicted octanol–water partition coefficient (Wildman–Crippen LogP) is 3.48. The van der Waals surface area contributed by atoms with Crippen LogP contribution in [-0.2, 0) is 19.1 Å². The zero-order chi connectivity index (χ0) is 18.2. The average Bonchev–Trinajstić information content (AvgIpc) is 2.62. The summed E-state index contributed by atoms with van der Waals surface area (Å²) in [6, 6.07) is 8.06. The third-order valence-corrected chi connectivity index (χ3v) is 3.70. The van der Waals surface area contributed by atoms with Gasteiger partial charge in [0.1, 0.15) is 5.57 Å². The zero-order valence-corrected chi connectivity index (χ0v) is 14.8. The van der Waals surface area contributed by atoms with Crippen molar-refractivity contribution in [1.82, 2.24) is 0 Å². The van der Waals surface area contributed by atoms with E-state index in [1.807, 2.05) is 43.3 Å². The summed E-state index contributed by atoms with van der Waals surface area (Å²) in [5.74, 6) is -1.36. The second-order valence-electron chi connectivity index (χ2n) is 5.25. The Hall–Kier alpha value is -2.82.